The summed E-state index contributed by atoms with van der Waals surface area (Å²) in [5.74, 6) is -0.683. The number of nitrogens with one attached hydrogen (secondary N) is 2. The number of carbonyl (C=O) groups is 1. The first-order valence-electron chi connectivity index (χ1n) is 6.09. The van der Waals surface area contributed by atoms with E-state index in [9.17, 15) is 14.9 Å². The van der Waals surface area contributed by atoms with Crippen LogP contribution < -0.4 is 16.4 Å². The number of hydrogen-bond donors (Lipinski definition) is 3. The number of amides is 1. The summed E-state index contributed by atoms with van der Waals surface area (Å²) in [4.78, 5) is 21.4. The quantitative estimate of drug-likeness (QED) is 0.371. The van der Waals surface area contributed by atoms with Gasteiger partial charge in [-0.3, -0.25) is 14.9 Å². The molecule has 0 unspecified atom stereocenters. The van der Waals surface area contributed by atoms with Crippen molar-refractivity contribution in [3.63, 3.8) is 0 Å². The Morgan fingerprint density at radius 3 is 2.74 bits per heavy atom. The highest BCUT2D eigenvalue weighted by molar-refractivity contribution is 5.99. The van der Waals surface area contributed by atoms with E-state index < -0.39 is 10.8 Å². The van der Waals surface area contributed by atoms with Crippen molar-refractivity contribution >= 4 is 17.3 Å². The SMILES string of the molecule is CCNCCCNc1ccc([N+](=O)[O-])cc1C(N)=O. The van der Waals surface area contributed by atoms with Gasteiger partial charge in [0.1, 0.15) is 0 Å². The lowest BCUT2D eigenvalue weighted by molar-refractivity contribution is -0.384. The predicted octanol–water partition coefficient (Wildman–Crippen LogP) is 1.11. The first-order chi connectivity index (χ1) is 9.06. The lowest BCUT2D eigenvalue weighted by Crippen LogP contribution is -2.19. The second-order valence-electron chi connectivity index (χ2n) is 3.99. The Morgan fingerprint density at radius 2 is 2.16 bits per heavy atom. The Morgan fingerprint density at radius 1 is 1.42 bits per heavy atom. The number of nitro benzene ring substituents is 1. The number of nitro groups is 1. The molecule has 0 heterocycles. The molecular weight excluding hydrogens is 248 g/mol. The molecule has 1 aromatic rings. The number of nitrogens with two attached hydrogens (primary N) is 1. The first-order valence-corrected chi connectivity index (χ1v) is 6.09. The van der Waals surface area contributed by atoms with E-state index in [1.165, 1.54) is 18.2 Å². The fourth-order valence-electron chi connectivity index (χ4n) is 1.62. The second kappa shape index (κ2) is 7.32. The van der Waals surface area contributed by atoms with Crippen molar-refractivity contribution in [2.24, 2.45) is 5.73 Å². The summed E-state index contributed by atoms with van der Waals surface area (Å²) in [5, 5.41) is 16.9. The molecule has 1 amide bonds. The molecule has 0 aliphatic rings. The van der Waals surface area contributed by atoms with Crippen LogP contribution in [0.1, 0.15) is 23.7 Å². The molecule has 1 rings (SSSR count). The van der Waals surface area contributed by atoms with Gasteiger partial charge in [-0.25, -0.2) is 0 Å². The number of primary amides is 1. The molecule has 0 bridgehead atoms. The van der Waals surface area contributed by atoms with E-state index in [1.807, 2.05) is 6.92 Å². The third-order valence-corrected chi connectivity index (χ3v) is 2.58. The topological polar surface area (TPSA) is 110 Å². The summed E-state index contributed by atoms with van der Waals surface area (Å²) in [6.45, 7) is 4.45. The fourth-order valence-corrected chi connectivity index (χ4v) is 1.62. The average Bonchev–Trinajstić information content (AvgIpc) is 2.38. The van der Waals surface area contributed by atoms with Gasteiger partial charge in [0, 0.05) is 24.4 Å². The van der Waals surface area contributed by atoms with Gasteiger partial charge in [-0.1, -0.05) is 6.92 Å². The van der Waals surface area contributed by atoms with Gasteiger partial charge in [0.15, 0.2) is 0 Å². The van der Waals surface area contributed by atoms with E-state index in [2.05, 4.69) is 10.6 Å². The fraction of sp³-hybridized carbons (Fsp3) is 0.417. The Balaban J connectivity index is 2.71. The van der Waals surface area contributed by atoms with Crippen molar-refractivity contribution < 1.29 is 9.72 Å². The molecule has 0 aliphatic heterocycles. The monoisotopic (exact) mass is 266 g/mol. The summed E-state index contributed by atoms with van der Waals surface area (Å²) in [7, 11) is 0. The Hall–Kier alpha value is -2.15. The standard InChI is InChI=1S/C12H18N4O3/c1-2-14-6-3-7-15-11-5-4-9(16(18)19)8-10(11)12(13)17/h4-5,8,14-15H,2-3,6-7H2,1H3,(H2,13,17). The zero-order valence-corrected chi connectivity index (χ0v) is 10.8. The Labute approximate surface area is 111 Å². The van der Waals surface area contributed by atoms with Gasteiger partial charge in [0.2, 0.25) is 0 Å². The number of anilines is 1. The molecule has 0 fully saturated rings. The molecule has 0 aliphatic carbocycles. The van der Waals surface area contributed by atoms with E-state index in [4.69, 9.17) is 5.73 Å². The van der Waals surface area contributed by atoms with Crippen LogP contribution >= 0.6 is 0 Å². The third kappa shape index (κ3) is 4.55. The summed E-state index contributed by atoms with van der Waals surface area (Å²) >= 11 is 0. The molecule has 0 aromatic heterocycles. The minimum absolute atomic E-state index is 0.137. The van der Waals surface area contributed by atoms with Crippen molar-refractivity contribution in [1.29, 1.82) is 0 Å². The molecule has 7 heteroatoms. The molecule has 4 N–H and O–H groups in total. The third-order valence-electron chi connectivity index (χ3n) is 2.58. The van der Waals surface area contributed by atoms with Crippen LogP contribution in [0.4, 0.5) is 11.4 Å². The van der Waals surface area contributed by atoms with Crippen molar-refractivity contribution in [1.82, 2.24) is 5.32 Å². The van der Waals surface area contributed by atoms with Gasteiger partial charge in [0.25, 0.3) is 11.6 Å². The zero-order chi connectivity index (χ0) is 14.3. The predicted molar refractivity (Wildman–Crippen MR) is 73.3 cm³/mol. The van der Waals surface area contributed by atoms with Crippen LogP contribution in [0.5, 0.6) is 0 Å². The van der Waals surface area contributed by atoms with E-state index in [1.54, 1.807) is 0 Å². The van der Waals surface area contributed by atoms with Gasteiger partial charge < -0.3 is 16.4 Å². The van der Waals surface area contributed by atoms with Gasteiger partial charge in [-0.2, -0.15) is 0 Å². The van der Waals surface area contributed by atoms with Crippen LogP contribution in [-0.2, 0) is 0 Å². The largest absolute Gasteiger partial charge is 0.384 e. The van der Waals surface area contributed by atoms with Crippen molar-refractivity contribution in [2.45, 2.75) is 13.3 Å². The Kier molecular flexibility index (Phi) is 5.74. The van der Waals surface area contributed by atoms with Crippen LogP contribution in [0.15, 0.2) is 18.2 Å². The molecule has 0 spiro atoms. The van der Waals surface area contributed by atoms with Crippen LogP contribution in [0.25, 0.3) is 0 Å². The van der Waals surface area contributed by atoms with Crippen molar-refractivity contribution in [2.75, 3.05) is 25.0 Å². The summed E-state index contributed by atoms with van der Waals surface area (Å²) in [6, 6.07) is 4.04. The molecule has 19 heavy (non-hydrogen) atoms. The Bertz CT molecular complexity index is 462. The smallest absolute Gasteiger partial charge is 0.270 e. The molecule has 0 saturated carbocycles. The molecule has 0 radical (unpaired) electrons. The highest BCUT2D eigenvalue weighted by Gasteiger charge is 2.14. The number of nitrogens with zero attached hydrogens (tertiary/aromatic N) is 1. The molecular formula is C12H18N4O3. The highest BCUT2D eigenvalue weighted by Crippen LogP contribution is 2.21. The summed E-state index contributed by atoms with van der Waals surface area (Å²) in [6.07, 6.45) is 0.878. The van der Waals surface area contributed by atoms with E-state index >= 15 is 0 Å². The molecule has 1 aromatic carbocycles. The number of carbonyl (C=O) groups excluding carboxylic acids is 1. The minimum Gasteiger partial charge on any atom is -0.384 e. The normalized spacial score (nSPS) is 10.2. The molecule has 0 saturated heterocycles. The van der Waals surface area contributed by atoms with Crippen molar-refractivity contribution in [3.8, 4) is 0 Å². The molecule has 104 valence electrons. The zero-order valence-electron chi connectivity index (χ0n) is 10.8. The van der Waals surface area contributed by atoms with E-state index in [0.29, 0.717) is 12.2 Å². The van der Waals surface area contributed by atoms with Crippen LogP contribution in [-0.4, -0.2) is 30.5 Å². The maximum absolute atomic E-state index is 11.3. The maximum atomic E-state index is 11.3. The van der Waals surface area contributed by atoms with E-state index in [-0.39, 0.29) is 11.3 Å². The van der Waals surface area contributed by atoms with Crippen molar-refractivity contribution in [3.05, 3.63) is 33.9 Å². The molecule has 0 atom stereocenters. The van der Waals surface area contributed by atoms with Crippen LogP contribution in [0.2, 0.25) is 0 Å². The number of benzene rings is 1. The van der Waals surface area contributed by atoms with Gasteiger partial charge in [-0.05, 0) is 25.6 Å². The number of non-ortho nitro benzene ring substituents is 1. The molecule has 7 nitrogen and oxygen atoms in total. The summed E-state index contributed by atoms with van der Waals surface area (Å²) in [5.41, 5.74) is 5.73. The minimum atomic E-state index is -0.683. The lowest BCUT2D eigenvalue weighted by atomic mass is 10.1. The van der Waals surface area contributed by atoms with Gasteiger partial charge >= 0.3 is 0 Å². The number of hydrogen-bond acceptors (Lipinski definition) is 5. The highest BCUT2D eigenvalue weighted by atomic mass is 16.6. The van der Waals surface area contributed by atoms with E-state index in [0.717, 1.165) is 19.5 Å². The van der Waals surface area contributed by atoms with Crippen LogP contribution in [0, 0.1) is 10.1 Å². The maximum Gasteiger partial charge on any atom is 0.270 e. The lowest BCUT2D eigenvalue weighted by Gasteiger charge is -2.10. The second-order valence-corrected chi connectivity index (χ2v) is 3.99. The van der Waals surface area contributed by atoms with Crippen LogP contribution in [0.3, 0.4) is 0 Å². The van der Waals surface area contributed by atoms with Gasteiger partial charge in [-0.15, -0.1) is 0 Å². The average molecular weight is 266 g/mol. The van der Waals surface area contributed by atoms with Gasteiger partial charge in [0.05, 0.1) is 10.5 Å². The first kappa shape index (κ1) is 14.9. The number of rotatable bonds is 8. The summed E-state index contributed by atoms with van der Waals surface area (Å²) < 4.78 is 0.